The molecule has 1 N–H and O–H groups in total. The van der Waals surface area contributed by atoms with E-state index in [1.165, 1.54) is 16.4 Å². The number of piperidine rings is 1. The van der Waals surface area contributed by atoms with Gasteiger partial charge in [0, 0.05) is 19.0 Å². The molecule has 1 amide bonds. The quantitative estimate of drug-likeness (QED) is 0.665. The third-order valence-electron chi connectivity index (χ3n) is 5.44. The van der Waals surface area contributed by atoms with Crippen molar-refractivity contribution in [2.75, 3.05) is 18.8 Å². The summed E-state index contributed by atoms with van der Waals surface area (Å²) >= 11 is 0. The van der Waals surface area contributed by atoms with Crippen molar-refractivity contribution in [3.63, 3.8) is 0 Å². The number of sulfonamides is 1. The number of nitrogens with one attached hydrogen (secondary N) is 1. The molecule has 0 aliphatic carbocycles. The van der Waals surface area contributed by atoms with Crippen LogP contribution in [-0.4, -0.2) is 44.1 Å². The first-order valence-electron chi connectivity index (χ1n) is 10.2. The normalized spacial score (nSPS) is 16.8. The van der Waals surface area contributed by atoms with Crippen molar-refractivity contribution in [3.8, 4) is 5.75 Å². The highest BCUT2D eigenvalue weighted by Crippen LogP contribution is 2.27. The first kappa shape index (κ1) is 23.1. The van der Waals surface area contributed by atoms with Gasteiger partial charge < -0.3 is 10.1 Å². The summed E-state index contributed by atoms with van der Waals surface area (Å²) in [5, 5.41) is 3.05. The molecule has 2 aromatic carbocycles. The number of amides is 1. The molecule has 0 radical (unpaired) electrons. The van der Waals surface area contributed by atoms with Crippen LogP contribution in [0.3, 0.4) is 0 Å². The molecule has 1 aliphatic rings. The summed E-state index contributed by atoms with van der Waals surface area (Å²) in [6, 6.07) is 15.1. The van der Waals surface area contributed by atoms with Crippen LogP contribution in [0.1, 0.15) is 36.9 Å². The summed E-state index contributed by atoms with van der Waals surface area (Å²) in [5.41, 5.74) is 1.58. The maximum Gasteiger partial charge on any atom is 0.387 e. The Morgan fingerprint density at radius 1 is 1.06 bits per heavy atom. The predicted octanol–water partition coefficient (Wildman–Crippen LogP) is 3.56. The molecule has 1 unspecified atom stereocenters. The third kappa shape index (κ3) is 6.01. The van der Waals surface area contributed by atoms with E-state index in [4.69, 9.17) is 0 Å². The highest BCUT2D eigenvalue weighted by Gasteiger charge is 2.31. The van der Waals surface area contributed by atoms with Crippen LogP contribution in [-0.2, 0) is 14.8 Å². The number of carbonyl (C=O) groups excluding carboxylic acids is 1. The molecule has 1 fully saturated rings. The van der Waals surface area contributed by atoms with Crippen molar-refractivity contribution in [1.82, 2.24) is 9.62 Å². The van der Waals surface area contributed by atoms with E-state index in [-0.39, 0.29) is 23.3 Å². The van der Waals surface area contributed by atoms with Crippen molar-refractivity contribution >= 4 is 15.9 Å². The Morgan fingerprint density at radius 3 is 2.19 bits per heavy atom. The molecule has 0 saturated carbocycles. The predicted molar refractivity (Wildman–Crippen MR) is 113 cm³/mol. The van der Waals surface area contributed by atoms with Crippen LogP contribution in [0, 0.1) is 5.92 Å². The van der Waals surface area contributed by atoms with Gasteiger partial charge in [-0.2, -0.15) is 8.78 Å². The minimum atomic E-state index is -3.26. The number of hydrogen-bond donors (Lipinski definition) is 1. The van der Waals surface area contributed by atoms with Gasteiger partial charge in [0.25, 0.3) is 0 Å². The van der Waals surface area contributed by atoms with Gasteiger partial charge >= 0.3 is 6.61 Å². The van der Waals surface area contributed by atoms with Crippen LogP contribution in [0.15, 0.2) is 54.6 Å². The average molecular weight is 453 g/mol. The molecule has 1 atom stereocenters. The number of ether oxygens (including phenoxy) is 1. The number of benzene rings is 2. The zero-order valence-electron chi connectivity index (χ0n) is 17.2. The fourth-order valence-electron chi connectivity index (χ4n) is 3.69. The summed E-state index contributed by atoms with van der Waals surface area (Å²) < 4.78 is 54.8. The smallest absolute Gasteiger partial charge is 0.387 e. The number of halogens is 2. The molecule has 2 aromatic rings. The summed E-state index contributed by atoms with van der Waals surface area (Å²) in [5.74, 6) is -0.363. The lowest BCUT2D eigenvalue weighted by molar-refractivity contribution is -0.126. The highest BCUT2D eigenvalue weighted by atomic mass is 32.2. The van der Waals surface area contributed by atoms with E-state index in [1.54, 1.807) is 19.1 Å². The Morgan fingerprint density at radius 2 is 1.65 bits per heavy atom. The van der Waals surface area contributed by atoms with Gasteiger partial charge in [-0.1, -0.05) is 42.5 Å². The van der Waals surface area contributed by atoms with Gasteiger partial charge in [0.05, 0.1) is 11.8 Å². The lowest BCUT2D eigenvalue weighted by Crippen LogP contribution is -2.44. The van der Waals surface area contributed by atoms with Gasteiger partial charge in [-0.25, -0.2) is 12.7 Å². The monoisotopic (exact) mass is 452 g/mol. The van der Waals surface area contributed by atoms with Crippen molar-refractivity contribution in [2.24, 2.45) is 5.92 Å². The Bertz CT molecular complexity index is 961. The van der Waals surface area contributed by atoms with Gasteiger partial charge in [-0.05, 0) is 43.0 Å². The fraction of sp³-hybridized carbons (Fsp3) is 0.409. The zero-order valence-corrected chi connectivity index (χ0v) is 18.0. The molecular weight excluding hydrogens is 426 g/mol. The van der Waals surface area contributed by atoms with Gasteiger partial charge in [0.15, 0.2) is 0 Å². The maximum absolute atomic E-state index is 13.0. The van der Waals surface area contributed by atoms with E-state index in [0.29, 0.717) is 25.9 Å². The summed E-state index contributed by atoms with van der Waals surface area (Å²) in [7, 11) is -3.26. The van der Waals surface area contributed by atoms with E-state index in [9.17, 15) is 22.0 Å². The third-order valence-corrected chi connectivity index (χ3v) is 7.32. The van der Waals surface area contributed by atoms with Crippen LogP contribution in [0.5, 0.6) is 5.75 Å². The fourth-order valence-corrected chi connectivity index (χ4v) is 4.82. The lowest BCUT2D eigenvalue weighted by atomic mass is 9.94. The largest absolute Gasteiger partial charge is 0.435 e. The van der Waals surface area contributed by atoms with Gasteiger partial charge in [-0.3, -0.25) is 4.79 Å². The Kier molecular flexibility index (Phi) is 7.61. The molecule has 3 rings (SSSR count). The second-order valence-electron chi connectivity index (χ2n) is 7.37. The standard InChI is InChI=1S/C22H26F2N2O4S/c1-2-31(28,29)26-14-12-18(13-15-26)21(27)25-20(16-6-4-3-5-7-16)17-8-10-19(11-9-17)30-22(23)24/h3-11,18,20,22H,2,12-15H2,1H3,(H,25,27). The molecule has 0 spiro atoms. The maximum atomic E-state index is 13.0. The number of nitrogens with zero attached hydrogens (tertiary/aromatic N) is 1. The van der Waals surface area contributed by atoms with E-state index in [2.05, 4.69) is 10.1 Å². The van der Waals surface area contributed by atoms with E-state index >= 15 is 0 Å². The molecular formula is C22H26F2N2O4S. The van der Waals surface area contributed by atoms with Crippen molar-refractivity contribution < 1.29 is 26.7 Å². The molecule has 1 aliphatic heterocycles. The second-order valence-corrected chi connectivity index (χ2v) is 9.63. The van der Waals surface area contributed by atoms with Crippen LogP contribution in [0.25, 0.3) is 0 Å². The molecule has 0 bridgehead atoms. The van der Waals surface area contributed by atoms with Crippen LogP contribution in [0.4, 0.5) is 8.78 Å². The van der Waals surface area contributed by atoms with Crippen molar-refractivity contribution in [1.29, 1.82) is 0 Å². The van der Waals surface area contributed by atoms with E-state index in [0.717, 1.165) is 11.1 Å². The molecule has 168 valence electrons. The van der Waals surface area contributed by atoms with E-state index < -0.39 is 22.7 Å². The summed E-state index contributed by atoms with van der Waals surface area (Å²) in [4.78, 5) is 13.0. The summed E-state index contributed by atoms with van der Waals surface area (Å²) in [6.07, 6.45) is 0.904. The minimum Gasteiger partial charge on any atom is -0.435 e. The second kappa shape index (κ2) is 10.2. The first-order chi connectivity index (χ1) is 14.8. The number of rotatable bonds is 8. The van der Waals surface area contributed by atoms with Gasteiger partial charge in [-0.15, -0.1) is 0 Å². The first-order valence-corrected chi connectivity index (χ1v) is 11.8. The van der Waals surface area contributed by atoms with Crippen molar-refractivity contribution in [2.45, 2.75) is 32.4 Å². The molecule has 0 aromatic heterocycles. The van der Waals surface area contributed by atoms with Crippen LogP contribution >= 0.6 is 0 Å². The molecule has 1 saturated heterocycles. The topological polar surface area (TPSA) is 75.7 Å². The van der Waals surface area contributed by atoms with Crippen LogP contribution < -0.4 is 10.1 Å². The number of alkyl halides is 2. The number of hydrogen-bond acceptors (Lipinski definition) is 4. The number of carbonyl (C=O) groups is 1. The molecule has 9 heteroatoms. The zero-order chi connectivity index (χ0) is 22.4. The van der Waals surface area contributed by atoms with Crippen molar-refractivity contribution in [3.05, 3.63) is 65.7 Å². The molecule has 31 heavy (non-hydrogen) atoms. The SMILES string of the molecule is CCS(=O)(=O)N1CCC(C(=O)NC(c2ccccc2)c2ccc(OC(F)F)cc2)CC1. The highest BCUT2D eigenvalue weighted by molar-refractivity contribution is 7.89. The van der Waals surface area contributed by atoms with Crippen LogP contribution in [0.2, 0.25) is 0 Å². The molecule has 1 heterocycles. The minimum absolute atomic E-state index is 0.0430. The lowest BCUT2D eigenvalue weighted by Gasteiger charge is -2.31. The van der Waals surface area contributed by atoms with Gasteiger partial charge in [0.2, 0.25) is 15.9 Å². The Labute approximate surface area is 181 Å². The van der Waals surface area contributed by atoms with E-state index in [1.807, 2.05) is 30.3 Å². The van der Waals surface area contributed by atoms with Gasteiger partial charge in [0.1, 0.15) is 5.75 Å². The average Bonchev–Trinajstić information content (AvgIpc) is 2.78. The summed E-state index contributed by atoms with van der Waals surface area (Å²) in [6.45, 7) is -0.651. The Balaban J connectivity index is 1.73. The molecule has 6 nitrogen and oxygen atoms in total. The Hall–Kier alpha value is -2.52.